The number of rotatable bonds is 5. The lowest BCUT2D eigenvalue weighted by Gasteiger charge is -2.28. The second-order valence-electron chi connectivity index (χ2n) is 7.52. The molecule has 0 saturated heterocycles. The van der Waals surface area contributed by atoms with Gasteiger partial charge in [0.25, 0.3) is 0 Å². The maximum atomic E-state index is 11.4. The van der Waals surface area contributed by atoms with Gasteiger partial charge in [-0.3, -0.25) is 4.90 Å². The van der Waals surface area contributed by atoms with E-state index in [0.717, 1.165) is 4.90 Å². The Morgan fingerprint density at radius 3 is 2.34 bits per heavy atom. The van der Waals surface area contributed by atoms with Gasteiger partial charge in [0.2, 0.25) is 17.4 Å². The van der Waals surface area contributed by atoms with E-state index in [2.05, 4.69) is 6.58 Å². The summed E-state index contributed by atoms with van der Waals surface area (Å²) in [6.45, 7) is 3.21. The summed E-state index contributed by atoms with van der Waals surface area (Å²) in [6.07, 6.45) is 0.940. The van der Waals surface area contributed by atoms with Crippen LogP contribution in [0.1, 0.15) is 28.7 Å². The van der Waals surface area contributed by atoms with E-state index in [1.807, 2.05) is 0 Å². The van der Waals surface area contributed by atoms with Gasteiger partial charge in [-0.25, -0.2) is 4.79 Å². The minimum absolute atomic E-state index is 0.0646. The summed E-state index contributed by atoms with van der Waals surface area (Å²) in [5.74, 6) is -6.75. The Morgan fingerprint density at radius 2 is 1.75 bits per heavy atom. The van der Waals surface area contributed by atoms with Gasteiger partial charge in [-0.15, -0.1) is 0 Å². The van der Waals surface area contributed by atoms with Crippen molar-refractivity contribution in [3.63, 3.8) is 0 Å². The summed E-state index contributed by atoms with van der Waals surface area (Å²) in [5.41, 5.74) is 0.148. The number of fused-ring (bicyclic) bond motifs is 2. The number of benzene rings is 2. The van der Waals surface area contributed by atoms with Crippen molar-refractivity contribution in [2.45, 2.75) is 18.9 Å². The molecule has 170 valence electrons. The molecule has 0 aliphatic carbocycles. The number of hydrogen-bond donors (Lipinski definition) is 7. The predicted molar refractivity (Wildman–Crippen MR) is 113 cm³/mol. The summed E-state index contributed by atoms with van der Waals surface area (Å²) in [6, 6.07) is 4.34. The number of aliphatic carboxylic acids is 1. The number of aliphatic hydroxyl groups is 2. The van der Waals surface area contributed by atoms with Crippen molar-refractivity contribution in [1.82, 2.24) is 4.90 Å². The zero-order chi connectivity index (χ0) is 24.0. The molecule has 3 rings (SSSR count). The average Bonchev–Trinajstić information content (AvgIpc) is 2.90. The van der Waals surface area contributed by atoms with Crippen LogP contribution < -0.4 is 4.74 Å². The number of aromatic hydroxyl groups is 4. The Labute approximate surface area is 182 Å². The Bertz CT molecular complexity index is 1150. The number of phenols is 4. The molecule has 0 atom stereocenters. The third-order valence-electron chi connectivity index (χ3n) is 5.31. The second-order valence-corrected chi connectivity index (χ2v) is 7.52. The van der Waals surface area contributed by atoms with Crippen LogP contribution in [0.3, 0.4) is 0 Å². The molecule has 1 heterocycles. The van der Waals surface area contributed by atoms with Gasteiger partial charge in [0.1, 0.15) is 12.4 Å². The van der Waals surface area contributed by atoms with E-state index in [1.54, 1.807) is 0 Å². The molecule has 0 bridgehead atoms. The summed E-state index contributed by atoms with van der Waals surface area (Å²) < 4.78 is 5.69. The van der Waals surface area contributed by atoms with Crippen molar-refractivity contribution in [3.8, 4) is 28.7 Å². The molecule has 2 aromatic carbocycles. The van der Waals surface area contributed by atoms with Gasteiger partial charge < -0.3 is 40.5 Å². The lowest BCUT2D eigenvalue weighted by Crippen LogP contribution is -2.43. The van der Waals surface area contributed by atoms with Crippen molar-refractivity contribution >= 4 is 17.1 Å². The van der Waals surface area contributed by atoms with Gasteiger partial charge >= 0.3 is 5.97 Å². The van der Waals surface area contributed by atoms with Crippen molar-refractivity contribution in [1.29, 1.82) is 0 Å². The standard InChI is InChI=1S/C22H23NO9/c1-10(21(28)29)11-4-5-15-13(8-11)12(6-7-22(30,31)23(2)3)16-14(9-32-15)17(24)19(26)20(27)18(16)25/h4-6,8,24-27,30-31H,1,7,9H2,2-3H3,(H,28,29). The number of hydrogen-bond acceptors (Lipinski definition) is 9. The Hall–Kier alpha value is -3.73. The summed E-state index contributed by atoms with van der Waals surface area (Å²) in [7, 11) is 2.86. The Balaban J connectivity index is 2.34. The van der Waals surface area contributed by atoms with Gasteiger partial charge in [0.15, 0.2) is 11.5 Å². The first-order chi connectivity index (χ1) is 14.9. The second kappa shape index (κ2) is 8.08. The minimum atomic E-state index is -2.29. The molecule has 0 fully saturated rings. The first kappa shape index (κ1) is 22.9. The molecule has 0 amide bonds. The monoisotopic (exact) mass is 445 g/mol. The highest BCUT2D eigenvalue weighted by Crippen LogP contribution is 2.53. The van der Waals surface area contributed by atoms with Gasteiger partial charge in [0, 0.05) is 23.1 Å². The van der Waals surface area contributed by atoms with E-state index in [1.165, 1.54) is 38.4 Å². The molecule has 1 aliphatic heterocycles. The molecule has 1 aliphatic rings. The van der Waals surface area contributed by atoms with E-state index in [-0.39, 0.29) is 52.2 Å². The van der Waals surface area contributed by atoms with Crippen LogP contribution in [-0.2, 0) is 11.4 Å². The van der Waals surface area contributed by atoms with Gasteiger partial charge in [-0.1, -0.05) is 18.7 Å². The van der Waals surface area contributed by atoms with Crippen LogP contribution in [0.4, 0.5) is 0 Å². The summed E-state index contributed by atoms with van der Waals surface area (Å²) in [5, 5.41) is 70.8. The molecule has 0 unspecified atom stereocenters. The number of carboxylic acids is 1. The van der Waals surface area contributed by atoms with Gasteiger partial charge in [-0.2, -0.15) is 0 Å². The van der Waals surface area contributed by atoms with E-state index in [9.17, 15) is 40.5 Å². The molecule has 10 heteroatoms. The van der Waals surface area contributed by atoms with Crippen LogP contribution in [0, 0.1) is 0 Å². The Morgan fingerprint density at radius 1 is 1.12 bits per heavy atom. The van der Waals surface area contributed by atoms with Crippen LogP contribution >= 0.6 is 0 Å². The molecular weight excluding hydrogens is 422 g/mol. The van der Waals surface area contributed by atoms with Crippen LogP contribution in [0.15, 0.2) is 30.9 Å². The summed E-state index contributed by atoms with van der Waals surface area (Å²) in [4.78, 5) is 12.5. The zero-order valence-corrected chi connectivity index (χ0v) is 17.3. The number of nitrogens with zero attached hydrogens (tertiary/aromatic N) is 1. The third kappa shape index (κ3) is 3.82. The average molecular weight is 445 g/mol. The van der Waals surface area contributed by atoms with Crippen molar-refractivity contribution in [3.05, 3.63) is 53.1 Å². The SMILES string of the molecule is C=C(C(=O)O)c1ccc2c(c1)C(=CCC(O)(O)N(C)C)c1c(O)c(O)c(O)c(O)c1CO2. The molecule has 0 saturated carbocycles. The van der Waals surface area contributed by atoms with E-state index in [0.29, 0.717) is 0 Å². The first-order valence-corrected chi connectivity index (χ1v) is 9.38. The van der Waals surface area contributed by atoms with Crippen LogP contribution in [0.5, 0.6) is 28.7 Å². The number of ether oxygens (including phenoxy) is 1. The minimum Gasteiger partial charge on any atom is -0.504 e. The third-order valence-corrected chi connectivity index (χ3v) is 5.31. The van der Waals surface area contributed by atoms with Crippen LogP contribution in [0.25, 0.3) is 11.1 Å². The normalized spacial score (nSPS) is 14.5. The molecule has 10 nitrogen and oxygen atoms in total. The fourth-order valence-corrected chi connectivity index (χ4v) is 3.27. The van der Waals surface area contributed by atoms with Crippen molar-refractivity contribution < 1.29 is 45.3 Å². The largest absolute Gasteiger partial charge is 0.504 e. The maximum Gasteiger partial charge on any atom is 0.335 e. The Kier molecular flexibility index (Phi) is 5.79. The molecule has 2 aromatic rings. The lowest BCUT2D eigenvalue weighted by molar-refractivity contribution is -0.245. The van der Waals surface area contributed by atoms with Crippen LogP contribution in [-0.4, -0.2) is 66.6 Å². The fourth-order valence-electron chi connectivity index (χ4n) is 3.27. The number of carbonyl (C=O) groups is 1. The lowest BCUT2D eigenvalue weighted by atomic mass is 9.89. The van der Waals surface area contributed by atoms with E-state index >= 15 is 0 Å². The molecule has 0 spiro atoms. The number of carboxylic acid groups (broad SMARTS) is 1. The van der Waals surface area contributed by atoms with Crippen LogP contribution in [0.2, 0.25) is 0 Å². The maximum absolute atomic E-state index is 11.4. The van der Waals surface area contributed by atoms with Crippen molar-refractivity contribution in [2.24, 2.45) is 0 Å². The highest BCUT2D eigenvalue weighted by atomic mass is 16.5. The highest BCUT2D eigenvalue weighted by Gasteiger charge is 2.32. The molecule has 7 N–H and O–H groups in total. The van der Waals surface area contributed by atoms with E-state index < -0.39 is 34.9 Å². The van der Waals surface area contributed by atoms with E-state index in [4.69, 9.17) is 4.74 Å². The number of phenolic OH excluding ortho intramolecular Hbond substituents is 4. The molecular formula is C22H23NO9. The quantitative estimate of drug-likeness (QED) is 0.155. The topological polar surface area (TPSA) is 171 Å². The smallest absolute Gasteiger partial charge is 0.335 e. The first-order valence-electron chi connectivity index (χ1n) is 9.38. The van der Waals surface area contributed by atoms with Gasteiger partial charge in [0.05, 0.1) is 5.57 Å². The predicted octanol–water partition coefficient (Wildman–Crippen LogP) is 1.52. The molecule has 32 heavy (non-hydrogen) atoms. The molecule has 0 aromatic heterocycles. The molecule has 0 radical (unpaired) electrons. The van der Waals surface area contributed by atoms with Crippen molar-refractivity contribution in [2.75, 3.05) is 14.1 Å². The highest BCUT2D eigenvalue weighted by molar-refractivity contribution is 6.14. The zero-order valence-electron chi connectivity index (χ0n) is 17.3. The van der Waals surface area contributed by atoms with Gasteiger partial charge in [-0.05, 0) is 37.4 Å². The summed E-state index contributed by atoms with van der Waals surface area (Å²) >= 11 is 0. The fraction of sp³-hybridized carbons (Fsp3) is 0.227.